The van der Waals surface area contributed by atoms with Crippen LogP contribution in [0.5, 0.6) is 0 Å². The lowest BCUT2D eigenvalue weighted by atomic mass is 10.1. The Hall–Kier alpha value is -1.88. The van der Waals surface area contributed by atoms with Crippen molar-refractivity contribution in [1.82, 2.24) is 19.7 Å². The van der Waals surface area contributed by atoms with Crippen molar-refractivity contribution in [1.29, 1.82) is 0 Å². The third-order valence-electron chi connectivity index (χ3n) is 3.56. The zero-order valence-electron chi connectivity index (χ0n) is 10.7. The molecule has 0 atom stereocenters. The van der Waals surface area contributed by atoms with Crippen molar-refractivity contribution in [2.24, 2.45) is 0 Å². The first-order valence-electron chi connectivity index (χ1n) is 6.20. The van der Waals surface area contributed by atoms with Crippen molar-refractivity contribution in [3.05, 3.63) is 41.3 Å². The summed E-state index contributed by atoms with van der Waals surface area (Å²) in [4.78, 5) is 5.99. The molecule has 3 aromatic rings. The first kappa shape index (κ1) is 11.0. The molecule has 0 fully saturated rings. The van der Waals surface area contributed by atoms with Crippen LogP contribution in [-0.2, 0) is 6.54 Å². The summed E-state index contributed by atoms with van der Waals surface area (Å²) in [6.07, 6.45) is 0. The number of rotatable bonds is 0. The van der Waals surface area contributed by atoms with E-state index < -0.39 is 0 Å². The fourth-order valence-electron chi connectivity index (χ4n) is 2.51. The number of hydrogen-bond donors (Lipinski definition) is 0. The fourth-order valence-corrected chi connectivity index (χ4v) is 3.70. The van der Waals surface area contributed by atoms with Gasteiger partial charge in [-0.3, -0.25) is 4.98 Å². The lowest BCUT2D eigenvalue weighted by molar-refractivity contribution is 0.663. The largest absolute Gasteiger partial charge is 0.301 e. The lowest BCUT2D eigenvalue weighted by Gasteiger charge is -2.20. The maximum absolute atomic E-state index is 4.71. The zero-order valence-corrected chi connectivity index (χ0v) is 11.5. The number of para-hydroxylation sites is 1. The Labute approximate surface area is 114 Å². The molecule has 5 heteroatoms. The highest BCUT2D eigenvalue weighted by molar-refractivity contribution is 7.99. The summed E-state index contributed by atoms with van der Waals surface area (Å²) in [6, 6.07) is 8.28. The van der Waals surface area contributed by atoms with Crippen LogP contribution in [0, 0.1) is 13.8 Å². The Morgan fingerprint density at radius 3 is 2.89 bits per heavy atom. The van der Waals surface area contributed by atoms with Crippen molar-refractivity contribution in [3.8, 4) is 0 Å². The maximum Gasteiger partial charge on any atom is 0.196 e. The van der Waals surface area contributed by atoms with Gasteiger partial charge in [0.05, 0.1) is 12.1 Å². The molecule has 1 aromatic carbocycles. The molecule has 0 N–H and O–H groups in total. The third-order valence-corrected chi connectivity index (χ3v) is 4.71. The fraction of sp³-hybridized carbons (Fsp3) is 0.214. The van der Waals surface area contributed by atoms with Gasteiger partial charge in [0.25, 0.3) is 0 Å². The third kappa shape index (κ3) is 1.51. The number of aromatic nitrogens is 4. The van der Waals surface area contributed by atoms with Crippen molar-refractivity contribution in [2.75, 3.05) is 0 Å². The van der Waals surface area contributed by atoms with E-state index in [2.05, 4.69) is 39.9 Å². The van der Waals surface area contributed by atoms with Gasteiger partial charge in [-0.15, -0.1) is 10.2 Å². The molecule has 0 spiro atoms. The molecule has 4 rings (SSSR count). The number of nitrogens with zero attached hydrogens (tertiary/aromatic N) is 4. The molecule has 94 valence electrons. The molecular weight excluding hydrogens is 256 g/mol. The summed E-state index contributed by atoms with van der Waals surface area (Å²) in [5.41, 5.74) is 3.44. The Balaban J connectivity index is 2.03. The smallest absolute Gasteiger partial charge is 0.196 e. The molecular formula is C14H12N4S. The van der Waals surface area contributed by atoms with E-state index in [-0.39, 0.29) is 0 Å². The van der Waals surface area contributed by atoms with Gasteiger partial charge in [-0.2, -0.15) is 0 Å². The summed E-state index contributed by atoms with van der Waals surface area (Å²) in [6.45, 7) is 4.89. The predicted molar refractivity (Wildman–Crippen MR) is 74.5 cm³/mol. The minimum absolute atomic E-state index is 0.820. The minimum atomic E-state index is 0.820. The van der Waals surface area contributed by atoms with Crippen LogP contribution in [0.1, 0.15) is 17.1 Å². The van der Waals surface area contributed by atoms with Gasteiger partial charge in [-0.1, -0.05) is 18.2 Å². The minimum Gasteiger partial charge on any atom is -0.301 e. The van der Waals surface area contributed by atoms with Gasteiger partial charge in [0.1, 0.15) is 5.82 Å². The van der Waals surface area contributed by atoms with Gasteiger partial charge in [0.2, 0.25) is 0 Å². The molecule has 19 heavy (non-hydrogen) atoms. The Bertz CT molecular complexity index is 807. The predicted octanol–water partition coefficient (Wildman–Crippen LogP) is 2.96. The highest BCUT2D eigenvalue weighted by atomic mass is 32.2. The maximum atomic E-state index is 4.71. The molecule has 0 radical (unpaired) electrons. The van der Waals surface area contributed by atoms with Gasteiger partial charge >= 0.3 is 0 Å². The van der Waals surface area contributed by atoms with Gasteiger partial charge in [-0.25, -0.2) is 0 Å². The molecule has 3 heterocycles. The summed E-state index contributed by atoms with van der Waals surface area (Å²) in [5.74, 6) is 0.959. The Kier molecular flexibility index (Phi) is 2.20. The summed E-state index contributed by atoms with van der Waals surface area (Å²) >= 11 is 1.70. The van der Waals surface area contributed by atoms with Crippen molar-refractivity contribution < 1.29 is 0 Å². The van der Waals surface area contributed by atoms with Crippen LogP contribution in [0.4, 0.5) is 0 Å². The van der Waals surface area contributed by atoms with Crippen LogP contribution < -0.4 is 0 Å². The standard InChI is InChI=1S/C14H12N4S/c1-8-11-7-18-9(2)16-17-14(18)19-13(11)10-5-3-4-6-12(10)15-8/h3-6H,7H2,1-2H3. The van der Waals surface area contributed by atoms with E-state index in [4.69, 9.17) is 4.98 Å². The second-order valence-corrected chi connectivity index (χ2v) is 5.72. The molecule has 4 nitrogen and oxygen atoms in total. The molecule has 0 saturated carbocycles. The van der Waals surface area contributed by atoms with E-state index in [0.29, 0.717) is 0 Å². The number of aryl methyl sites for hydroxylation is 2. The average Bonchev–Trinajstić information content (AvgIpc) is 2.79. The Morgan fingerprint density at radius 1 is 1.16 bits per heavy atom. The number of fused-ring (bicyclic) bond motifs is 4. The van der Waals surface area contributed by atoms with E-state index >= 15 is 0 Å². The van der Waals surface area contributed by atoms with Crippen LogP contribution in [0.15, 0.2) is 34.3 Å². The molecule has 2 aromatic heterocycles. The molecule has 0 aliphatic carbocycles. The SMILES string of the molecule is Cc1nc2ccccc2c2c1Cn1c(C)nnc1S2. The summed E-state index contributed by atoms with van der Waals surface area (Å²) < 4.78 is 2.15. The molecule has 0 bridgehead atoms. The van der Waals surface area contributed by atoms with Gasteiger partial charge in [0, 0.05) is 21.5 Å². The average molecular weight is 268 g/mol. The van der Waals surface area contributed by atoms with E-state index in [1.165, 1.54) is 15.8 Å². The first-order chi connectivity index (χ1) is 9.24. The second-order valence-electron chi connectivity index (χ2n) is 4.74. The topological polar surface area (TPSA) is 43.6 Å². The van der Waals surface area contributed by atoms with Crippen LogP contribution in [0.25, 0.3) is 10.9 Å². The highest BCUT2D eigenvalue weighted by Gasteiger charge is 2.23. The van der Waals surface area contributed by atoms with Gasteiger partial charge in [0.15, 0.2) is 5.16 Å². The number of hydrogen-bond acceptors (Lipinski definition) is 4. The summed E-state index contributed by atoms with van der Waals surface area (Å²) in [5, 5.41) is 10.6. The second kappa shape index (κ2) is 3.81. The lowest BCUT2D eigenvalue weighted by Crippen LogP contribution is -2.12. The molecule has 0 saturated heterocycles. The van der Waals surface area contributed by atoms with E-state index in [1.54, 1.807) is 11.8 Å². The van der Waals surface area contributed by atoms with Crippen molar-refractivity contribution >= 4 is 22.7 Å². The van der Waals surface area contributed by atoms with E-state index in [1.807, 2.05) is 13.0 Å². The number of benzene rings is 1. The van der Waals surface area contributed by atoms with Crippen LogP contribution in [-0.4, -0.2) is 19.7 Å². The van der Waals surface area contributed by atoms with Crippen LogP contribution in [0.2, 0.25) is 0 Å². The van der Waals surface area contributed by atoms with Crippen molar-refractivity contribution in [2.45, 2.75) is 30.4 Å². The van der Waals surface area contributed by atoms with Gasteiger partial charge < -0.3 is 4.57 Å². The van der Waals surface area contributed by atoms with E-state index in [9.17, 15) is 0 Å². The normalized spacial score (nSPS) is 13.4. The van der Waals surface area contributed by atoms with Crippen LogP contribution in [0.3, 0.4) is 0 Å². The van der Waals surface area contributed by atoms with Crippen molar-refractivity contribution in [3.63, 3.8) is 0 Å². The van der Waals surface area contributed by atoms with E-state index in [0.717, 1.165) is 28.7 Å². The quantitative estimate of drug-likeness (QED) is 0.492. The monoisotopic (exact) mass is 268 g/mol. The molecule has 1 aliphatic heterocycles. The highest BCUT2D eigenvalue weighted by Crippen LogP contribution is 2.40. The Morgan fingerprint density at radius 2 is 2.00 bits per heavy atom. The molecule has 1 aliphatic rings. The summed E-state index contributed by atoms with van der Waals surface area (Å²) in [7, 11) is 0. The van der Waals surface area contributed by atoms with Gasteiger partial charge in [-0.05, 0) is 31.7 Å². The molecule has 0 unspecified atom stereocenters. The number of pyridine rings is 1. The molecule has 0 amide bonds. The van der Waals surface area contributed by atoms with Crippen LogP contribution >= 0.6 is 11.8 Å². The first-order valence-corrected chi connectivity index (χ1v) is 7.01. The zero-order chi connectivity index (χ0) is 13.0.